The number of carbonyl (C=O) groups excluding carboxylic acids is 10. The zero-order chi connectivity index (χ0) is 71.2. The van der Waals surface area contributed by atoms with E-state index in [0.717, 1.165) is 51.5 Å². The van der Waals surface area contributed by atoms with Crippen LogP contribution in [0, 0.1) is 5.92 Å². The number of aliphatic hydroxyl groups is 1. The Kier molecular flexibility index (Phi) is 62.0. The maximum Gasteiger partial charge on any atom is 0.302 e. The highest BCUT2D eigenvalue weighted by atomic mass is 16.5. The van der Waals surface area contributed by atoms with Crippen molar-refractivity contribution in [3.8, 4) is 0 Å². The first kappa shape index (κ1) is 92.5. The molecule has 0 radical (unpaired) electrons. The third-order valence-electron chi connectivity index (χ3n) is 11.1. The van der Waals surface area contributed by atoms with Gasteiger partial charge in [0.25, 0.3) is 0 Å². The van der Waals surface area contributed by atoms with Crippen LogP contribution in [0.25, 0.3) is 18.2 Å². The van der Waals surface area contributed by atoms with E-state index in [2.05, 4.69) is 4.74 Å². The fourth-order valence-corrected chi connectivity index (χ4v) is 6.99. The van der Waals surface area contributed by atoms with Gasteiger partial charge in [0.05, 0.1) is 24.5 Å². The highest BCUT2D eigenvalue weighted by molar-refractivity contribution is 6.21. The summed E-state index contributed by atoms with van der Waals surface area (Å²) in [6, 6.07) is 66.1. The third kappa shape index (κ3) is 50.5. The molecule has 12 heteroatoms. The molecule has 0 amide bonds. The van der Waals surface area contributed by atoms with Gasteiger partial charge >= 0.3 is 5.97 Å². The maximum atomic E-state index is 12.8. The molecule has 0 atom stereocenters. The van der Waals surface area contributed by atoms with Gasteiger partial charge in [-0.1, -0.05) is 287 Å². The molecule has 7 aromatic rings. The molecule has 7 aromatic carbocycles. The van der Waals surface area contributed by atoms with Crippen molar-refractivity contribution in [1.29, 1.82) is 0 Å². The number of aliphatic hydroxyl groups excluding tert-OH is 1. The molecular weight excluding hydrogens is 1180 g/mol. The van der Waals surface area contributed by atoms with Crippen LogP contribution in [0.3, 0.4) is 0 Å². The molecule has 0 aliphatic rings. The van der Waals surface area contributed by atoms with E-state index in [9.17, 15) is 53.1 Å². The first-order valence-electron chi connectivity index (χ1n) is 31.1. The van der Waals surface area contributed by atoms with Crippen molar-refractivity contribution >= 4 is 77.3 Å². The van der Waals surface area contributed by atoms with Crippen molar-refractivity contribution < 1.29 is 57.8 Å². The van der Waals surface area contributed by atoms with Gasteiger partial charge in [-0.05, 0) is 101 Å². The number of rotatable bonds is 19. The number of hydrogen-bond acceptors (Lipinski definition) is 12. The normalized spacial score (nSPS) is 9.37. The molecule has 0 spiro atoms. The van der Waals surface area contributed by atoms with E-state index in [1.807, 2.05) is 243 Å². The third-order valence-corrected chi connectivity index (χ3v) is 11.1. The second-order valence-corrected chi connectivity index (χ2v) is 18.5. The minimum Gasteiger partial charge on any atom is -0.508 e. The Hall–Kier alpha value is -10.2. The number of ether oxygens (including phenoxy) is 1. The van der Waals surface area contributed by atoms with Gasteiger partial charge in [-0.2, -0.15) is 0 Å². The largest absolute Gasteiger partial charge is 0.508 e. The van der Waals surface area contributed by atoms with Crippen LogP contribution in [0.15, 0.2) is 241 Å². The van der Waals surface area contributed by atoms with Gasteiger partial charge in [0.1, 0.15) is 41.5 Å². The van der Waals surface area contributed by atoms with Crippen molar-refractivity contribution in [1.82, 2.24) is 0 Å². The van der Waals surface area contributed by atoms with E-state index in [1.54, 1.807) is 55.5 Å². The quantitative estimate of drug-likeness (QED) is 0.0153. The van der Waals surface area contributed by atoms with Crippen LogP contribution in [-0.2, 0) is 55.9 Å². The minimum absolute atomic E-state index is 0. The molecule has 12 nitrogen and oxygen atoms in total. The summed E-state index contributed by atoms with van der Waals surface area (Å²) in [5.41, 5.74) is 6.84. The molecule has 0 heterocycles. The van der Waals surface area contributed by atoms with Crippen LogP contribution in [0.5, 0.6) is 0 Å². The Balaban J connectivity index is -0.000000344. The number of hydrogen-bond donors (Lipinski definition) is 1. The predicted octanol–water partition coefficient (Wildman–Crippen LogP) is 19.2. The first-order chi connectivity index (χ1) is 44.7. The molecule has 0 aliphatic heterocycles. The summed E-state index contributed by atoms with van der Waals surface area (Å²) in [6.07, 6.45) is 10.9. The standard InChI is InChI=1S/C26H22O2.C12H14O2.C12H12O2.2C7H6O.C5H8O2.C4H8O2.4C2H6.CH4/c27-25(18-16-21-10-4-1-5-11-21)24(20-23-14-8-3-9-15-23)26(28)19-17-22-12-6-2-7-13-22;2*1-9(13)12(10(2)14)8-11-6-4-3-5-7-11;2*8-6-7-4-2-1-3-5-7;1-4(6)3-5(2)7;1-3-6-4(2)5;4*1-2;/h1-19,27H,20H2;3-7,12H,8H2,1-2H3;3-8H,1-2H3;2*1-6H;3H2,1-2H3;3H2,1-2H3;4*1-2H3;1H4/b18-16+,19-17+,25-24-;;;;;;;;;;;. The van der Waals surface area contributed by atoms with Crippen LogP contribution < -0.4 is 0 Å². The van der Waals surface area contributed by atoms with E-state index in [1.165, 1.54) is 54.5 Å². The maximum absolute atomic E-state index is 12.8. The highest BCUT2D eigenvalue weighted by Crippen LogP contribution is 2.17. The van der Waals surface area contributed by atoms with E-state index < -0.39 is 5.92 Å². The van der Waals surface area contributed by atoms with Gasteiger partial charge in [0.2, 0.25) is 0 Å². The van der Waals surface area contributed by atoms with Gasteiger partial charge in [0, 0.05) is 30.0 Å². The van der Waals surface area contributed by atoms with E-state index in [4.69, 9.17) is 0 Å². The van der Waals surface area contributed by atoms with Crippen LogP contribution in [-0.4, -0.2) is 70.7 Å². The van der Waals surface area contributed by atoms with Gasteiger partial charge in [-0.3, -0.25) is 47.9 Å². The topological polar surface area (TPSA) is 200 Å². The molecule has 0 bridgehead atoms. The van der Waals surface area contributed by atoms with E-state index in [-0.39, 0.29) is 71.6 Å². The fraction of sp³-hybridized carbons (Fsp3) is 0.268. The van der Waals surface area contributed by atoms with Crippen molar-refractivity contribution in [2.45, 2.75) is 137 Å². The molecule has 0 aliphatic carbocycles. The molecular formula is C82H104O12. The molecule has 0 saturated heterocycles. The van der Waals surface area contributed by atoms with Crippen LogP contribution >= 0.6 is 0 Å². The summed E-state index contributed by atoms with van der Waals surface area (Å²) in [5.74, 6) is -1.53. The number of allylic oxidation sites excluding steroid dienone is 4. The average molecular weight is 1280 g/mol. The lowest BCUT2D eigenvalue weighted by atomic mass is 9.93. The lowest BCUT2D eigenvalue weighted by Gasteiger charge is -2.09. The van der Waals surface area contributed by atoms with Gasteiger partial charge in [-0.15, -0.1) is 0 Å². The zero-order valence-electron chi connectivity index (χ0n) is 57.6. The lowest BCUT2D eigenvalue weighted by molar-refractivity contribution is -0.140. The number of ketones is 7. The summed E-state index contributed by atoms with van der Waals surface area (Å²) >= 11 is 0. The summed E-state index contributed by atoms with van der Waals surface area (Å²) < 4.78 is 4.40. The fourth-order valence-electron chi connectivity index (χ4n) is 6.99. The number of Topliss-reactive ketones (excluding diaryl/α,β-unsaturated/α-hetero) is 6. The number of aldehydes is 2. The number of benzene rings is 7. The summed E-state index contributed by atoms with van der Waals surface area (Å²) in [4.78, 5) is 107. The van der Waals surface area contributed by atoms with Crippen molar-refractivity contribution in [3.63, 3.8) is 0 Å². The van der Waals surface area contributed by atoms with Crippen LogP contribution in [0.4, 0.5) is 0 Å². The summed E-state index contributed by atoms with van der Waals surface area (Å²) in [7, 11) is 0. The monoisotopic (exact) mass is 1280 g/mol. The van der Waals surface area contributed by atoms with E-state index in [0.29, 0.717) is 25.0 Å². The lowest BCUT2D eigenvalue weighted by Crippen LogP contribution is -2.21. The van der Waals surface area contributed by atoms with Gasteiger partial charge < -0.3 is 9.84 Å². The van der Waals surface area contributed by atoms with Crippen LogP contribution in [0.2, 0.25) is 0 Å². The molecule has 0 saturated carbocycles. The zero-order valence-corrected chi connectivity index (χ0v) is 57.6. The highest BCUT2D eigenvalue weighted by Gasteiger charge is 2.19. The second kappa shape index (κ2) is 63.0. The van der Waals surface area contributed by atoms with Gasteiger partial charge in [0.15, 0.2) is 17.3 Å². The number of carbonyl (C=O) groups is 10. The molecule has 0 fully saturated rings. The summed E-state index contributed by atoms with van der Waals surface area (Å²) in [5, 5.41) is 10.6. The predicted molar refractivity (Wildman–Crippen MR) is 391 cm³/mol. The summed E-state index contributed by atoms with van der Waals surface area (Å²) in [6.45, 7) is 28.2. The molecule has 0 unspecified atom stereocenters. The Morgan fingerprint density at radius 3 is 0.968 bits per heavy atom. The molecule has 7 rings (SSSR count). The van der Waals surface area contributed by atoms with Crippen molar-refractivity contribution in [3.05, 3.63) is 280 Å². The smallest absolute Gasteiger partial charge is 0.302 e. The Bertz CT molecular complexity index is 3170. The number of esters is 1. The molecule has 1 N–H and O–H groups in total. The van der Waals surface area contributed by atoms with E-state index >= 15 is 0 Å². The Labute approximate surface area is 562 Å². The minimum atomic E-state index is -0.475. The molecule has 94 heavy (non-hydrogen) atoms. The van der Waals surface area contributed by atoms with Crippen molar-refractivity contribution in [2.24, 2.45) is 5.92 Å². The average Bonchev–Trinajstić information content (AvgIpc) is 2.14. The second-order valence-electron chi connectivity index (χ2n) is 18.5. The van der Waals surface area contributed by atoms with Crippen LogP contribution in [0.1, 0.15) is 173 Å². The first-order valence-corrected chi connectivity index (χ1v) is 31.1. The van der Waals surface area contributed by atoms with Gasteiger partial charge in [-0.25, -0.2) is 0 Å². The SMILES string of the molecule is C.CC.CC.CC.CC.CC(=O)C(=Cc1ccccc1)C(C)=O.CC(=O)C(Cc1ccccc1)C(C)=O.CC(=O)CC(C)=O.CCOC(C)=O.O=C(/C=C/c1ccccc1)/C(Cc1ccccc1)=C(O)/C=C/c1ccccc1.O=Cc1ccccc1.O=Cc1ccccc1. The molecule has 504 valence electrons. The Morgan fingerprint density at radius 1 is 0.415 bits per heavy atom. The Morgan fingerprint density at radius 2 is 0.713 bits per heavy atom. The van der Waals surface area contributed by atoms with Crippen molar-refractivity contribution in [2.75, 3.05) is 6.61 Å². The molecule has 0 aromatic heterocycles.